The van der Waals surface area contributed by atoms with Crippen LogP contribution in [0, 0.1) is 0 Å². The Labute approximate surface area is 158 Å². The topological polar surface area (TPSA) is 47.6 Å². The van der Waals surface area contributed by atoms with Crippen LogP contribution in [0.25, 0.3) is 0 Å². The van der Waals surface area contributed by atoms with Gasteiger partial charge in [0, 0.05) is 23.7 Å². The second-order valence-corrected chi connectivity index (χ2v) is 6.52. The maximum absolute atomic E-state index is 12.4. The third-order valence-electron chi connectivity index (χ3n) is 4.56. The van der Waals surface area contributed by atoms with E-state index in [1.807, 2.05) is 72.8 Å². The molecule has 0 saturated heterocycles. The van der Waals surface area contributed by atoms with Crippen LogP contribution in [0.4, 0.5) is 0 Å². The Balaban J connectivity index is 1.58. The van der Waals surface area contributed by atoms with Crippen molar-refractivity contribution in [1.82, 2.24) is 5.32 Å². The van der Waals surface area contributed by atoms with Crippen molar-refractivity contribution in [3.63, 3.8) is 0 Å². The van der Waals surface area contributed by atoms with E-state index < -0.39 is 0 Å². The molecule has 0 atom stereocenters. The molecule has 4 rings (SSSR count). The molecular weight excluding hydrogens is 338 g/mol. The molecule has 3 aromatic rings. The summed E-state index contributed by atoms with van der Waals surface area (Å²) in [4.78, 5) is 12.4. The molecule has 0 fully saturated rings. The third-order valence-corrected chi connectivity index (χ3v) is 4.56. The van der Waals surface area contributed by atoms with Crippen LogP contribution in [-0.2, 0) is 19.8 Å². The molecule has 1 aliphatic heterocycles. The highest BCUT2D eigenvalue weighted by Gasteiger charge is 2.22. The summed E-state index contributed by atoms with van der Waals surface area (Å²) in [5, 5.41) is 3.14. The SMILES string of the molecule is O=C1CNCc2c(OCc3ccccc3)cc(OCc3ccccc3)cc21. The fourth-order valence-corrected chi connectivity index (χ4v) is 3.14. The third kappa shape index (κ3) is 4.18. The zero-order valence-corrected chi connectivity index (χ0v) is 15.0. The van der Waals surface area contributed by atoms with Crippen LogP contribution in [0.5, 0.6) is 11.5 Å². The van der Waals surface area contributed by atoms with Crippen molar-refractivity contribution in [2.45, 2.75) is 19.8 Å². The second-order valence-electron chi connectivity index (χ2n) is 6.52. The molecule has 0 aliphatic carbocycles. The van der Waals surface area contributed by atoms with Gasteiger partial charge < -0.3 is 14.8 Å². The number of carbonyl (C=O) groups is 1. The van der Waals surface area contributed by atoms with E-state index in [2.05, 4.69) is 5.32 Å². The number of ether oxygens (including phenoxy) is 2. The van der Waals surface area contributed by atoms with E-state index in [0.29, 0.717) is 43.4 Å². The fourth-order valence-electron chi connectivity index (χ4n) is 3.14. The second kappa shape index (κ2) is 8.06. The number of carbonyl (C=O) groups excluding carboxylic acids is 1. The summed E-state index contributed by atoms with van der Waals surface area (Å²) in [6, 6.07) is 23.7. The molecule has 0 bridgehead atoms. The Morgan fingerprint density at radius 3 is 2.07 bits per heavy atom. The summed E-state index contributed by atoms with van der Waals surface area (Å²) in [5.74, 6) is 1.40. The minimum atomic E-state index is 0.0611. The monoisotopic (exact) mass is 359 g/mol. The molecule has 0 saturated carbocycles. The van der Waals surface area contributed by atoms with Gasteiger partial charge in [-0.05, 0) is 17.2 Å². The summed E-state index contributed by atoms with van der Waals surface area (Å²) in [6.45, 7) is 1.85. The Kier molecular flexibility index (Phi) is 5.17. The van der Waals surface area contributed by atoms with Gasteiger partial charge >= 0.3 is 0 Å². The first-order valence-corrected chi connectivity index (χ1v) is 9.04. The van der Waals surface area contributed by atoms with Gasteiger partial charge in [-0.15, -0.1) is 0 Å². The first-order chi connectivity index (χ1) is 13.3. The molecule has 0 aromatic heterocycles. The summed E-state index contributed by atoms with van der Waals surface area (Å²) in [5.41, 5.74) is 3.74. The van der Waals surface area contributed by atoms with Crippen LogP contribution in [0.1, 0.15) is 27.0 Å². The summed E-state index contributed by atoms with van der Waals surface area (Å²) < 4.78 is 12.0. The number of rotatable bonds is 6. The Bertz CT molecular complexity index is 923. The molecule has 0 unspecified atom stereocenters. The number of nitrogens with one attached hydrogen (secondary N) is 1. The molecule has 1 N–H and O–H groups in total. The quantitative estimate of drug-likeness (QED) is 0.719. The molecule has 136 valence electrons. The van der Waals surface area contributed by atoms with Crippen molar-refractivity contribution >= 4 is 5.78 Å². The first kappa shape index (κ1) is 17.3. The van der Waals surface area contributed by atoms with Crippen molar-refractivity contribution in [2.24, 2.45) is 0 Å². The summed E-state index contributed by atoms with van der Waals surface area (Å²) in [6.07, 6.45) is 0. The molecule has 0 spiro atoms. The molecule has 0 amide bonds. The van der Waals surface area contributed by atoms with E-state index in [0.717, 1.165) is 16.7 Å². The first-order valence-electron chi connectivity index (χ1n) is 9.04. The van der Waals surface area contributed by atoms with E-state index >= 15 is 0 Å². The zero-order valence-electron chi connectivity index (χ0n) is 15.0. The number of fused-ring (bicyclic) bond motifs is 1. The standard InChI is InChI=1S/C23H21NO3/c25-22-14-24-13-21-20(22)11-19(26-15-17-7-3-1-4-8-17)12-23(21)27-16-18-9-5-2-6-10-18/h1-12,24H,13-16H2. The van der Waals surface area contributed by atoms with Crippen LogP contribution in [-0.4, -0.2) is 12.3 Å². The van der Waals surface area contributed by atoms with Gasteiger partial charge in [-0.25, -0.2) is 0 Å². The lowest BCUT2D eigenvalue weighted by Crippen LogP contribution is -2.30. The Morgan fingerprint density at radius 2 is 1.41 bits per heavy atom. The van der Waals surface area contributed by atoms with Crippen LogP contribution >= 0.6 is 0 Å². The van der Waals surface area contributed by atoms with Crippen LogP contribution < -0.4 is 14.8 Å². The normalized spacial score (nSPS) is 13.1. The number of hydrogen-bond acceptors (Lipinski definition) is 4. The minimum absolute atomic E-state index is 0.0611. The highest BCUT2D eigenvalue weighted by Crippen LogP contribution is 2.32. The van der Waals surface area contributed by atoms with Crippen molar-refractivity contribution in [2.75, 3.05) is 6.54 Å². The zero-order chi connectivity index (χ0) is 18.5. The highest BCUT2D eigenvalue weighted by molar-refractivity contribution is 6.01. The maximum Gasteiger partial charge on any atom is 0.177 e. The highest BCUT2D eigenvalue weighted by atomic mass is 16.5. The van der Waals surface area contributed by atoms with Gasteiger partial charge in [-0.3, -0.25) is 4.79 Å². The summed E-state index contributed by atoms with van der Waals surface area (Å²) in [7, 11) is 0. The molecule has 27 heavy (non-hydrogen) atoms. The largest absolute Gasteiger partial charge is 0.489 e. The average molecular weight is 359 g/mol. The summed E-state index contributed by atoms with van der Waals surface area (Å²) >= 11 is 0. The van der Waals surface area contributed by atoms with Crippen molar-refractivity contribution in [3.8, 4) is 11.5 Å². The van der Waals surface area contributed by atoms with Crippen molar-refractivity contribution in [3.05, 3.63) is 95.1 Å². The van der Waals surface area contributed by atoms with Gasteiger partial charge in [0.25, 0.3) is 0 Å². The number of Topliss-reactive ketones (excluding diaryl/α,β-unsaturated/α-hetero) is 1. The molecule has 1 heterocycles. The lowest BCUT2D eigenvalue weighted by atomic mass is 9.98. The van der Waals surface area contributed by atoms with Gasteiger partial charge in [0.2, 0.25) is 0 Å². The molecule has 1 aliphatic rings. The number of hydrogen-bond donors (Lipinski definition) is 1. The van der Waals surface area contributed by atoms with E-state index in [4.69, 9.17) is 9.47 Å². The molecular formula is C23H21NO3. The number of ketones is 1. The van der Waals surface area contributed by atoms with Gasteiger partial charge in [0.05, 0.1) is 6.54 Å². The molecule has 3 aromatic carbocycles. The van der Waals surface area contributed by atoms with Gasteiger partial charge in [0.1, 0.15) is 24.7 Å². The predicted molar refractivity (Wildman–Crippen MR) is 104 cm³/mol. The van der Waals surface area contributed by atoms with E-state index in [-0.39, 0.29) is 5.78 Å². The lowest BCUT2D eigenvalue weighted by molar-refractivity contribution is 0.0980. The van der Waals surface area contributed by atoms with Crippen LogP contribution in [0.15, 0.2) is 72.8 Å². The van der Waals surface area contributed by atoms with Crippen molar-refractivity contribution in [1.29, 1.82) is 0 Å². The fraction of sp³-hybridized carbons (Fsp3) is 0.174. The van der Waals surface area contributed by atoms with Crippen LogP contribution in [0.2, 0.25) is 0 Å². The van der Waals surface area contributed by atoms with E-state index in [1.54, 1.807) is 0 Å². The lowest BCUT2D eigenvalue weighted by Gasteiger charge is -2.21. The predicted octanol–water partition coefficient (Wildman–Crippen LogP) is 4.13. The molecule has 0 radical (unpaired) electrons. The smallest absolute Gasteiger partial charge is 0.177 e. The Hall–Kier alpha value is -3.11. The average Bonchev–Trinajstić information content (AvgIpc) is 2.73. The van der Waals surface area contributed by atoms with Crippen molar-refractivity contribution < 1.29 is 14.3 Å². The van der Waals surface area contributed by atoms with Crippen LogP contribution in [0.3, 0.4) is 0 Å². The van der Waals surface area contributed by atoms with Gasteiger partial charge in [-0.2, -0.15) is 0 Å². The number of benzene rings is 3. The Morgan fingerprint density at radius 1 is 0.778 bits per heavy atom. The van der Waals surface area contributed by atoms with E-state index in [1.165, 1.54) is 0 Å². The molecule has 4 heteroatoms. The van der Waals surface area contributed by atoms with Gasteiger partial charge in [-0.1, -0.05) is 60.7 Å². The minimum Gasteiger partial charge on any atom is -0.489 e. The molecule has 4 nitrogen and oxygen atoms in total. The van der Waals surface area contributed by atoms with Gasteiger partial charge in [0.15, 0.2) is 5.78 Å². The maximum atomic E-state index is 12.4. The van der Waals surface area contributed by atoms with E-state index in [9.17, 15) is 4.79 Å².